The molecule has 2 heterocycles. The number of carbonyl (C=O) groups is 1. The number of urea groups is 1. The van der Waals surface area contributed by atoms with Crippen molar-refractivity contribution in [1.82, 2.24) is 9.96 Å². The lowest BCUT2D eigenvalue weighted by molar-refractivity contribution is -0.0403. The predicted molar refractivity (Wildman–Crippen MR) is 69.9 cm³/mol. The van der Waals surface area contributed by atoms with E-state index in [1.54, 1.807) is 0 Å². The summed E-state index contributed by atoms with van der Waals surface area (Å²) in [5.41, 5.74) is -0.147. The van der Waals surface area contributed by atoms with Crippen LogP contribution in [0.25, 0.3) is 0 Å². The quantitative estimate of drug-likeness (QED) is 0.742. The Labute approximate surface area is 114 Å². The van der Waals surface area contributed by atoms with E-state index in [1.807, 2.05) is 4.90 Å². The van der Waals surface area contributed by atoms with E-state index in [9.17, 15) is 10.0 Å². The lowest BCUT2D eigenvalue weighted by Gasteiger charge is -2.48. The van der Waals surface area contributed by atoms with Crippen molar-refractivity contribution in [2.45, 2.75) is 57.0 Å². The lowest BCUT2D eigenvalue weighted by atomic mass is 9.72. The van der Waals surface area contributed by atoms with E-state index in [0.717, 1.165) is 50.4 Å². The predicted octanol–water partition coefficient (Wildman–Crippen LogP) is 2.24. The van der Waals surface area contributed by atoms with Gasteiger partial charge in [0, 0.05) is 19.3 Å². The summed E-state index contributed by atoms with van der Waals surface area (Å²) in [5, 5.41) is 10.9. The number of amides is 2. The molecule has 0 aromatic rings. The number of hydrogen-bond acceptors (Lipinski definition) is 3. The maximum Gasteiger partial charge on any atom is 0.344 e. The minimum absolute atomic E-state index is 0.147. The van der Waals surface area contributed by atoms with E-state index in [4.69, 9.17) is 4.74 Å². The largest absolute Gasteiger partial charge is 0.381 e. The Bertz CT molecular complexity index is 357. The van der Waals surface area contributed by atoms with Gasteiger partial charge in [-0.1, -0.05) is 19.8 Å². The molecule has 5 heteroatoms. The molecule has 1 saturated carbocycles. The first-order valence-corrected chi connectivity index (χ1v) is 7.52. The van der Waals surface area contributed by atoms with Crippen molar-refractivity contribution in [2.24, 2.45) is 5.92 Å². The van der Waals surface area contributed by atoms with Crippen LogP contribution < -0.4 is 0 Å². The van der Waals surface area contributed by atoms with Crippen molar-refractivity contribution in [3.8, 4) is 0 Å². The zero-order valence-electron chi connectivity index (χ0n) is 11.7. The molecular weight excluding hydrogens is 244 g/mol. The van der Waals surface area contributed by atoms with Crippen LogP contribution in [0.3, 0.4) is 0 Å². The van der Waals surface area contributed by atoms with Crippen LogP contribution in [0, 0.1) is 5.92 Å². The van der Waals surface area contributed by atoms with Gasteiger partial charge in [0.1, 0.15) is 0 Å². The van der Waals surface area contributed by atoms with Crippen LogP contribution in [0.5, 0.6) is 0 Å². The zero-order chi connectivity index (χ0) is 13.5. The first kappa shape index (κ1) is 13.2. The van der Waals surface area contributed by atoms with Gasteiger partial charge in [0.05, 0.1) is 12.1 Å². The second kappa shape index (κ2) is 4.94. The molecule has 0 aromatic carbocycles. The molecular formula is C14H24N2O3. The van der Waals surface area contributed by atoms with E-state index < -0.39 is 0 Å². The average molecular weight is 268 g/mol. The molecule has 2 aliphatic heterocycles. The molecule has 1 N–H and O–H groups in total. The highest BCUT2D eigenvalue weighted by atomic mass is 16.5. The molecule has 0 aromatic heterocycles. The minimum atomic E-state index is -0.194. The number of hydrogen-bond donors (Lipinski definition) is 1. The lowest BCUT2D eigenvalue weighted by Crippen LogP contribution is -2.58. The Kier molecular flexibility index (Phi) is 3.43. The van der Waals surface area contributed by atoms with Crippen molar-refractivity contribution in [2.75, 3.05) is 19.8 Å². The molecule has 1 spiro atoms. The van der Waals surface area contributed by atoms with Crippen molar-refractivity contribution in [3.05, 3.63) is 0 Å². The Morgan fingerprint density at radius 3 is 2.68 bits per heavy atom. The van der Waals surface area contributed by atoms with Gasteiger partial charge in [-0.3, -0.25) is 5.21 Å². The second-order valence-electron chi connectivity index (χ2n) is 6.30. The summed E-state index contributed by atoms with van der Waals surface area (Å²) >= 11 is 0. The Balaban J connectivity index is 1.89. The maximum absolute atomic E-state index is 12.4. The van der Waals surface area contributed by atoms with E-state index in [0.29, 0.717) is 12.5 Å². The number of nitrogens with zero attached hydrogens (tertiary/aromatic N) is 2. The Morgan fingerprint density at radius 2 is 2.00 bits per heavy atom. The van der Waals surface area contributed by atoms with Crippen LogP contribution in [0.4, 0.5) is 4.79 Å². The Morgan fingerprint density at radius 1 is 1.26 bits per heavy atom. The van der Waals surface area contributed by atoms with Gasteiger partial charge in [-0.05, 0) is 31.6 Å². The smallest absolute Gasteiger partial charge is 0.344 e. The monoisotopic (exact) mass is 268 g/mol. The summed E-state index contributed by atoms with van der Waals surface area (Å²) in [6.45, 7) is 4.16. The molecule has 0 radical (unpaired) electrons. The number of rotatable bonds is 1. The normalized spacial score (nSPS) is 37.4. The summed E-state index contributed by atoms with van der Waals surface area (Å²) in [6.07, 6.45) is 6.37. The molecule has 2 amide bonds. The third-order valence-corrected chi connectivity index (χ3v) is 5.30. The van der Waals surface area contributed by atoms with Crippen LogP contribution in [-0.2, 0) is 4.74 Å². The van der Waals surface area contributed by atoms with Gasteiger partial charge in [0.2, 0.25) is 0 Å². The maximum atomic E-state index is 12.4. The van der Waals surface area contributed by atoms with Crippen molar-refractivity contribution >= 4 is 6.03 Å². The van der Waals surface area contributed by atoms with Crippen molar-refractivity contribution in [3.63, 3.8) is 0 Å². The number of carbonyl (C=O) groups excluding carboxylic acids is 1. The molecule has 2 atom stereocenters. The fourth-order valence-corrected chi connectivity index (χ4v) is 4.17. The van der Waals surface area contributed by atoms with Gasteiger partial charge in [0.15, 0.2) is 0 Å². The molecule has 1 aliphatic carbocycles. The van der Waals surface area contributed by atoms with Crippen molar-refractivity contribution < 1.29 is 14.7 Å². The highest BCUT2D eigenvalue weighted by Crippen LogP contribution is 2.44. The van der Waals surface area contributed by atoms with Crippen LogP contribution in [0.15, 0.2) is 0 Å². The zero-order valence-corrected chi connectivity index (χ0v) is 11.7. The summed E-state index contributed by atoms with van der Waals surface area (Å²) in [4.78, 5) is 14.4. The third-order valence-electron chi connectivity index (χ3n) is 5.30. The first-order valence-electron chi connectivity index (χ1n) is 7.52. The summed E-state index contributed by atoms with van der Waals surface area (Å²) < 4.78 is 5.41. The SMILES string of the molecule is CC1CCCCC12CN(O)C(=O)N2C1CCOCC1. The van der Waals surface area contributed by atoms with Gasteiger partial charge < -0.3 is 9.64 Å². The number of hydroxylamine groups is 2. The molecule has 3 aliphatic rings. The van der Waals surface area contributed by atoms with E-state index in [2.05, 4.69) is 6.92 Å². The summed E-state index contributed by atoms with van der Waals surface area (Å²) in [7, 11) is 0. The van der Waals surface area contributed by atoms with Crippen LogP contribution >= 0.6 is 0 Å². The van der Waals surface area contributed by atoms with Crippen LogP contribution in [0.1, 0.15) is 45.4 Å². The van der Waals surface area contributed by atoms with Crippen molar-refractivity contribution in [1.29, 1.82) is 0 Å². The molecule has 0 bridgehead atoms. The standard InChI is InChI=1S/C14H24N2O3/c1-11-4-2-3-7-14(11)10-15(18)13(17)16(14)12-5-8-19-9-6-12/h11-12,18H,2-10H2,1H3. The van der Waals surface area contributed by atoms with E-state index in [-0.39, 0.29) is 17.6 Å². The fraction of sp³-hybridized carbons (Fsp3) is 0.929. The fourth-order valence-electron chi connectivity index (χ4n) is 4.17. The van der Waals surface area contributed by atoms with E-state index >= 15 is 0 Å². The highest BCUT2D eigenvalue weighted by molar-refractivity contribution is 5.77. The second-order valence-corrected chi connectivity index (χ2v) is 6.30. The van der Waals surface area contributed by atoms with Crippen LogP contribution in [-0.4, -0.2) is 52.5 Å². The topological polar surface area (TPSA) is 53.0 Å². The van der Waals surface area contributed by atoms with Gasteiger partial charge in [-0.25, -0.2) is 9.86 Å². The molecule has 19 heavy (non-hydrogen) atoms. The highest BCUT2D eigenvalue weighted by Gasteiger charge is 2.55. The first-order chi connectivity index (χ1) is 9.15. The summed E-state index contributed by atoms with van der Waals surface area (Å²) in [5.74, 6) is 0.463. The minimum Gasteiger partial charge on any atom is -0.381 e. The Hall–Kier alpha value is -0.810. The average Bonchev–Trinajstić information content (AvgIpc) is 2.67. The van der Waals surface area contributed by atoms with E-state index in [1.165, 1.54) is 6.42 Å². The summed E-state index contributed by atoms with van der Waals surface area (Å²) in [6, 6.07) is 0.0413. The van der Waals surface area contributed by atoms with Gasteiger partial charge in [-0.15, -0.1) is 0 Å². The number of ether oxygens (including phenoxy) is 1. The molecule has 2 saturated heterocycles. The van der Waals surface area contributed by atoms with Gasteiger partial charge in [0.25, 0.3) is 0 Å². The molecule has 2 unspecified atom stereocenters. The van der Waals surface area contributed by atoms with Gasteiger partial charge in [-0.2, -0.15) is 0 Å². The van der Waals surface area contributed by atoms with Crippen LogP contribution in [0.2, 0.25) is 0 Å². The molecule has 5 nitrogen and oxygen atoms in total. The molecule has 108 valence electrons. The third kappa shape index (κ3) is 2.03. The van der Waals surface area contributed by atoms with Gasteiger partial charge >= 0.3 is 6.03 Å². The molecule has 3 fully saturated rings. The molecule has 3 rings (SSSR count).